The van der Waals surface area contributed by atoms with Gasteiger partial charge >= 0.3 is 0 Å². The number of hydrogen-bond acceptors (Lipinski definition) is 4. The van der Waals surface area contributed by atoms with E-state index in [4.69, 9.17) is 4.42 Å². The molecule has 0 fully saturated rings. The standard InChI is InChI=1S/C48H34N2O2.C12H11N/c1-31-12-9-10-27-49(36-16-11-13-34(28-36)37-17-6-8-20-45(37)51)44-25-23-39-41-30-33(22-26-46(41)52-48(39)47(31)44)32-21-24-43-40(29-32)38-18-5-7-19-42(38)50(43)35-14-3-2-4-15-35;1-3-7-11-9(5-1)10-6-2-4-8-12(10)13-11/h2-21,23-25,27-30,51H,1,22,26H2;1-9,11,13H/b12-9-,27-10-;. The quantitative estimate of drug-likeness (QED) is 0.185. The first-order chi connectivity index (χ1) is 32.1. The van der Waals surface area contributed by atoms with Crippen molar-refractivity contribution >= 4 is 67.1 Å². The summed E-state index contributed by atoms with van der Waals surface area (Å²) in [6.45, 7) is 4.50. The molecule has 0 amide bonds. The highest BCUT2D eigenvalue weighted by molar-refractivity contribution is 6.11. The number of hydrogen-bond donors (Lipinski definition) is 2. The largest absolute Gasteiger partial charge is 0.507 e. The Labute approximate surface area is 378 Å². The number of para-hydroxylation sites is 4. The lowest BCUT2D eigenvalue weighted by Crippen LogP contribution is -2.17. The van der Waals surface area contributed by atoms with E-state index in [-0.39, 0.29) is 5.75 Å². The maximum Gasteiger partial charge on any atom is 0.144 e. The molecule has 2 atom stereocenters. The lowest BCUT2D eigenvalue weighted by Gasteiger charge is -2.25. The highest BCUT2D eigenvalue weighted by Crippen LogP contribution is 2.46. The fraction of sp³-hybridized carbons (Fsp3) is 0.0667. The van der Waals surface area contributed by atoms with E-state index in [1.807, 2.05) is 42.5 Å². The molecule has 0 bridgehead atoms. The molecule has 0 radical (unpaired) electrons. The van der Waals surface area contributed by atoms with Crippen LogP contribution in [0.25, 0.3) is 66.8 Å². The van der Waals surface area contributed by atoms with Crippen LogP contribution in [0.4, 0.5) is 17.1 Å². The third kappa shape index (κ3) is 6.63. The average molecular weight is 840 g/mol. The van der Waals surface area contributed by atoms with E-state index in [1.54, 1.807) is 6.07 Å². The van der Waals surface area contributed by atoms with Crippen LogP contribution in [0.5, 0.6) is 5.75 Å². The van der Waals surface area contributed by atoms with Gasteiger partial charge in [0.1, 0.15) is 17.1 Å². The SMILES string of the molecule is C1=CC2Nc3ccccc3C2C=C1.C=C1/C=C\C=C/N(c2cccc(-c3ccccc3O)c2)c2ccc3c4c(oc3c21)CCC(c1ccc2c(c1)c1ccccc1n2-c1ccccc1)=C4. The Hall–Kier alpha value is -8.28. The van der Waals surface area contributed by atoms with Crippen molar-refractivity contribution in [1.82, 2.24) is 4.57 Å². The molecule has 2 aliphatic heterocycles. The Bertz CT molecular complexity index is 3520. The highest BCUT2D eigenvalue weighted by Gasteiger charge is 2.29. The molecule has 2 unspecified atom stereocenters. The van der Waals surface area contributed by atoms with Crippen LogP contribution in [0.3, 0.4) is 0 Å². The van der Waals surface area contributed by atoms with E-state index in [0.717, 1.165) is 74.5 Å². The number of aryl methyl sites for hydroxylation is 1. The minimum Gasteiger partial charge on any atom is -0.507 e. The fourth-order valence-electron chi connectivity index (χ4n) is 10.2. The van der Waals surface area contributed by atoms with Crippen molar-refractivity contribution in [3.05, 3.63) is 241 Å². The molecule has 4 heterocycles. The molecule has 0 saturated heterocycles. The fourth-order valence-corrected chi connectivity index (χ4v) is 10.2. The molecule has 5 nitrogen and oxygen atoms in total. The van der Waals surface area contributed by atoms with Crippen LogP contribution in [-0.4, -0.2) is 15.7 Å². The van der Waals surface area contributed by atoms with Gasteiger partial charge in [0.15, 0.2) is 0 Å². The van der Waals surface area contributed by atoms with Crippen LogP contribution >= 0.6 is 0 Å². The van der Waals surface area contributed by atoms with Crippen molar-refractivity contribution in [2.75, 3.05) is 10.2 Å². The zero-order valence-electron chi connectivity index (χ0n) is 35.7. The molecule has 9 aromatic rings. The molecule has 5 heteroatoms. The summed E-state index contributed by atoms with van der Waals surface area (Å²) >= 11 is 0. The van der Waals surface area contributed by atoms with E-state index < -0.39 is 0 Å². The first-order valence-electron chi connectivity index (χ1n) is 22.4. The van der Waals surface area contributed by atoms with Crippen LogP contribution in [0.1, 0.15) is 40.4 Å². The van der Waals surface area contributed by atoms with E-state index >= 15 is 0 Å². The van der Waals surface area contributed by atoms with Crippen molar-refractivity contribution in [3.63, 3.8) is 0 Å². The van der Waals surface area contributed by atoms with Crippen molar-refractivity contribution < 1.29 is 9.52 Å². The summed E-state index contributed by atoms with van der Waals surface area (Å²) < 4.78 is 9.15. The van der Waals surface area contributed by atoms with Crippen LogP contribution in [-0.2, 0) is 6.42 Å². The number of anilines is 3. The number of aromatic hydroxyl groups is 1. The van der Waals surface area contributed by atoms with E-state index in [2.05, 4.69) is 185 Å². The molecule has 0 saturated carbocycles. The van der Waals surface area contributed by atoms with Crippen LogP contribution in [0.2, 0.25) is 0 Å². The molecule has 2 N–H and O–H groups in total. The summed E-state index contributed by atoms with van der Waals surface area (Å²) in [7, 11) is 0. The second-order valence-corrected chi connectivity index (χ2v) is 17.1. The number of nitrogens with zero attached hydrogens (tertiary/aromatic N) is 2. The lowest BCUT2D eigenvalue weighted by molar-refractivity contribution is 0.477. The number of phenols is 1. The summed E-state index contributed by atoms with van der Waals surface area (Å²) in [5, 5.41) is 17.7. The molecule has 7 aromatic carbocycles. The van der Waals surface area contributed by atoms with Crippen molar-refractivity contribution in [2.45, 2.75) is 24.8 Å². The van der Waals surface area contributed by atoms with Crippen molar-refractivity contribution in [3.8, 4) is 22.6 Å². The van der Waals surface area contributed by atoms with Gasteiger partial charge in [0.2, 0.25) is 0 Å². The van der Waals surface area contributed by atoms with Crippen LogP contribution in [0, 0.1) is 0 Å². The van der Waals surface area contributed by atoms with Gasteiger partial charge in [-0.15, -0.1) is 0 Å². The molecule has 65 heavy (non-hydrogen) atoms. The zero-order chi connectivity index (χ0) is 43.4. The number of fused-ring (bicyclic) bond motifs is 11. The van der Waals surface area contributed by atoms with Gasteiger partial charge in [-0.25, -0.2) is 0 Å². The van der Waals surface area contributed by atoms with Crippen LogP contribution in [0.15, 0.2) is 217 Å². The normalized spacial score (nSPS) is 17.8. The topological polar surface area (TPSA) is 53.6 Å². The minimum absolute atomic E-state index is 0.258. The molecule has 4 aliphatic rings. The highest BCUT2D eigenvalue weighted by atomic mass is 16.3. The first kappa shape index (κ1) is 38.4. The van der Waals surface area contributed by atoms with Gasteiger partial charge in [-0.05, 0) is 113 Å². The molecule has 13 rings (SSSR count). The minimum atomic E-state index is 0.258. The Balaban J connectivity index is 0.000000291. The molecule has 312 valence electrons. The van der Waals surface area contributed by atoms with Crippen LogP contribution < -0.4 is 10.2 Å². The summed E-state index contributed by atoms with van der Waals surface area (Å²) in [5.41, 5.74) is 16.4. The van der Waals surface area contributed by atoms with Crippen molar-refractivity contribution in [2.24, 2.45) is 0 Å². The molecular weight excluding hydrogens is 795 g/mol. The number of nitrogens with one attached hydrogen (secondary N) is 1. The third-order valence-corrected chi connectivity index (χ3v) is 13.3. The summed E-state index contributed by atoms with van der Waals surface area (Å²) in [4.78, 5) is 2.18. The number of phenolic OH excluding ortho intramolecular Hbond substituents is 1. The number of allylic oxidation sites excluding steroid dienone is 7. The molecule has 2 aromatic heterocycles. The summed E-state index contributed by atoms with van der Waals surface area (Å²) in [6.07, 6.45) is 21.0. The van der Waals surface area contributed by atoms with Gasteiger partial charge in [-0.1, -0.05) is 134 Å². The van der Waals surface area contributed by atoms with Crippen molar-refractivity contribution in [1.29, 1.82) is 0 Å². The lowest BCUT2D eigenvalue weighted by atomic mass is 9.90. The number of furan rings is 1. The van der Waals surface area contributed by atoms with E-state index in [1.165, 1.54) is 44.2 Å². The van der Waals surface area contributed by atoms with E-state index in [0.29, 0.717) is 12.0 Å². The van der Waals surface area contributed by atoms with Gasteiger partial charge in [0.25, 0.3) is 0 Å². The van der Waals surface area contributed by atoms with Gasteiger partial charge in [0, 0.05) is 68.4 Å². The second-order valence-electron chi connectivity index (χ2n) is 17.1. The van der Waals surface area contributed by atoms with E-state index in [9.17, 15) is 5.11 Å². The molecular formula is C60H45N3O2. The average Bonchev–Trinajstić information content (AvgIpc) is 4.03. The number of benzene rings is 7. The number of rotatable bonds is 4. The molecule has 2 aliphatic carbocycles. The third-order valence-electron chi connectivity index (χ3n) is 13.3. The summed E-state index contributed by atoms with van der Waals surface area (Å²) in [5.74, 6) is 1.81. The monoisotopic (exact) mass is 839 g/mol. The number of aromatic nitrogens is 1. The summed E-state index contributed by atoms with van der Waals surface area (Å²) in [6, 6.07) is 55.3. The van der Waals surface area contributed by atoms with Gasteiger partial charge in [0.05, 0.1) is 22.8 Å². The zero-order valence-corrected chi connectivity index (χ0v) is 35.7. The van der Waals surface area contributed by atoms with Gasteiger partial charge in [-0.2, -0.15) is 0 Å². The Morgan fingerprint density at radius 2 is 1.43 bits per heavy atom. The Kier molecular flexibility index (Phi) is 9.34. The molecule has 0 spiro atoms. The van der Waals surface area contributed by atoms with Gasteiger partial charge in [-0.3, -0.25) is 0 Å². The Morgan fingerprint density at radius 1 is 0.631 bits per heavy atom. The maximum atomic E-state index is 10.6. The predicted octanol–water partition coefficient (Wildman–Crippen LogP) is 15.3. The second kappa shape index (κ2) is 15.8. The first-order valence-corrected chi connectivity index (χ1v) is 22.4. The maximum absolute atomic E-state index is 10.6. The van der Waals surface area contributed by atoms with Gasteiger partial charge < -0.3 is 24.3 Å². The predicted molar refractivity (Wildman–Crippen MR) is 271 cm³/mol. The Morgan fingerprint density at radius 3 is 2.35 bits per heavy atom. The smallest absolute Gasteiger partial charge is 0.144 e.